The van der Waals surface area contributed by atoms with E-state index in [9.17, 15) is 4.79 Å². The molecule has 16 heavy (non-hydrogen) atoms. The lowest BCUT2D eigenvalue weighted by Gasteiger charge is -2.06. The molecule has 0 amide bonds. The molecule has 1 heterocycles. The summed E-state index contributed by atoms with van der Waals surface area (Å²) in [5, 5.41) is 17.5. The number of hydrogen-bond donors (Lipinski definition) is 2. The minimum Gasteiger partial charge on any atom is -0.478 e. The van der Waals surface area contributed by atoms with Crippen LogP contribution in [0.4, 0.5) is 0 Å². The Morgan fingerprint density at radius 2 is 2.31 bits per heavy atom. The topological polar surface area (TPSA) is 70.4 Å². The Morgan fingerprint density at radius 1 is 1.56 bits per heavy atom. The van der Waals surface area contributed by atoms with Crippen molar-refractivity contribution in [3.05, 3.63) is 29.6 Å². The van der Waals surface area contributed by atoms with E-state index in [4.69, 9.17) is 10.2 Å². The maximum absolute atomic E-state index is 10.6. The fourth-order valence-electron chi connectivity index (χ4n) is 1.05. The molecule has 1 aromatic heterocycles. The summed E-state index contributed by atoms with van der Waals surface area (Å²) in [6, 6.07) is 3.28. The number of carboxylic acids is 1. The first-order chi connectivity index (χ1) is 7.63. The van der Waals surface area contributed by atoms with Gasteiger partial charge < -0.3 is 10.2 Å². The predicted molar refractivity (Wildman–Crippen MR) is 63.6 cm³/mol. The lowest BCUT2D eigenvalue weighted by molar-refractivity contribution is 0.0696. The molecule has 1 rings (SSSR count). The zero-order valence-corrected chi connectivity index (χ0v) is 9.91. The molecule has 88 valence electrons. The number of hydrogen-bond acceptors (Lipinski definition) is 4. The third-order valence-corrected chi connectivity index (χ3v) is 3.34. The quantitative estimate of drug-likeness (QED) is 0.792. The van der Waals surface area contributed by atoms with E-state index in [0.717, 1.165) is 17.2 Å². The van der Waals surface area contributed by atoms with E-state index in [2.05, 4.69) is 4.98 Å². The van der Waals surface area contributed by atoms with Crippen molar-refractivity contribution in [1.82, 2.24) is 4.98 Å². The molecule has 0 aliphatic heterocycles. The van der Waals surface area contributed by atoms with Crippen molar-refractivity contribution in [1.29, 1.82) is 0 Å². The molecule has 0 aromatic carbocycles. The van der Waals surface area contributed by atoms with Crippen LogP contribution in [0.15, 0.2) is 18.3 Å². The minimum absolute atomic E-state index is 0.193. The summed E-state index contributed by atoms with van der Waals surface area (Å²) in [5.41, 5.74) is 1.07. The summed E-state index contributed by atoms with van der Waals surface area (Å²) >= 11 is 1.68. The van der Waals surface area contributed by atoms with E-state index < -0.39 is 5.97 Å². The van der Waals surface area contributed by atoms with E-state index in [1.165, 1.54) is 6.20 Å². The summed E-state index contributed by atoms with van der Waals surface area (Å²) in [6.07, 6.45) is 1.37. The van der Waals surface area contributed by atoms with Gasteiger partial charge >= 0.3 is 5.97 Å². The standard InChI is InChI=1S/C11H15NO3S/c1-8(5-13)6-16-7-10-3-2-9(4-12-10)11(14)15/h2-4,8,13H,5-7H2,1H3,(H,14,15). The monoisotopic (exact) mass is 241 g/mol. The van der Waals surface area contributed by atoms with Crippen LogP contribution in [0.5, 0.6) is 0 Å². The van der Waals surface area contributed by atoms with Crippen LogP contribution >= 0.6 is 11.8 Å². The van der Waals surface area contributed by atoms with Gasteiger partial charge in [-0.15, -0.1) is 0 Å². The average Bonchev–Trinajstić information content (AvgIpc) is 2.29. The maximum atomic E-state index is 10.6. The van der Waals surface area contributed by atoms with Crippen LogP contribution in [0.25, 0.3) is 0 Å². The molecule has 0 aliphatic carbocycles. The van der Waals surface area contributed by atoms with Crippen molar-refractivity contribution in [3.63, 3.8) is 0 Å². The summed E-state index contributed by atoms with van der Waals surface area (Å²) < 4.78 is 0. The summed E-state index contributed by atoms with van der Waals surface area (Å²) in [4.78, 5) is 14.6. The average molecular weight is 241 g/mol. The highest BCUT2D eigenvalue weighted by Gasteiger charge is 2.04. The van der Waals surface area contributed by atoms with E-state index in [1.54, 1.807) is 23.9 Å². The Balaban J connectivity index is 2.40. The zero-order valence-electron chi connectivity index (χ0n) is 9.09. The zero-order chi connectivity index (χ0) is 12.0. The van der Waals surface area contributed by atoms with Crippen molar-refractivity contribution >= 4 is 17.7 Å². The van der Waals surface area contributed by atoms with Crippen LogP contribution < -0.4 is 0 Å². The van der Waals surface area contributed by atoms with Crippen molar-refractivity contribution in [2.45, 2.75) is 12.7 Å². The molecule has 0 bridgehead atoms. The van der Waals surface area contributed by atoms with Crippen LogP contribution in [0.3, 0.4) is 0 Å². The molecular formula is C11H15NO3S. The van der Waals surface area contributed by atoms with Gasteiger partial charge in [0.25, 0.3) is 0 Å². The third kappa shape index (κ3) is 4.20. The van der Waals surface area contributed by atoms with Gasteiger partial charge in [0.05, 0.1) is 11.3 Å². The number of aliphatic hydroxyl groups is 1. The molecule has 1 unspecified atom stereocenters. The Morgan fingerprint density at radius 3 is 2.81 bits per heavy atom. The molecule has 0 fully saturated rings. The fourth-order valence-corrected chi connectivity index (χ4v) is 2.06. The van der Waals surface area contributed by atoms with Gasteiger partial charge in [-0.25, -0.2) is 4.79 Å². The Hall–Kier alpha value is -1.07. The summed E-state index contributed by atoms with van der Waals surface area (Å²) in [7, 11) is 0. The smallest absolute Gasteiger partial charge is 0.337 e. The number of aliphatic hydroxyl groups excluding tert-OH is 1. The Labute approximate surface area is 98.7 Å². The van der Waals surface area contributed by atoms with E-state index in [0.29, 0.717) is 0 Å². The first kappa shape index (κ1) is 13.0. The van der Waals surface area contributed by atoms with E-state index in [-0.39, 0.29) is 18.1 Å². The molecule has 4 nitrogen and oxygen atoms in total. The SMILES string of the molecule is CC(CO)CSCc1ccc(C(=O)O)cn1. The van der Waals surface area contributed by atoms with Crippen molar-refractivity contribution in [2.24, 2.45) is 5.92 Å². The number of thioether (sulfide) groups is 1. The van der Waals surface area contributed by atoms with Crippen LogP contribution in [-0.4, -0.2) is 33.5 Å². The molecular weight excluding hydrogens is 226 g/mol. The summed E-state index contributed by atoms with van der Waals surface area (Å²) in [6.45, 7) is 2.17. The predicted octanol–water partition coefficient (Wildman–Crippen LogP) is 1.64. The Kier molecular flexibility index (Phi) is 5.28. The molecule has 2 N–H and O–H groups in total. The van der Waals surface area contributed by atoms with Gasteiger partial charge in [-0.1, -0.05) is 6.92 Å². The Bertz CT molecular complexity index is 340. The van der Waals surface area contributed by atoms with Gasteiger partial charge in [0.2, 0.25) is 0 Å². The third-order valence-electron chi connectivity index (χ3n) is 2.04. The van der Waals surface area contributed by atoms with Gasteiger partial charge in [0, 0.05) is 18.6 Å². The van der Waals surface area contributed by atoms with E-state index in [1.807, 2.05) is 6.92 Å². The minimum atomic E-state index is -0.958. The highest BCUT2D eigenvalue weighted by atomic mass is 32.2. The van der Waals surface area contributed by atoms with Crippen LogP contribution in [0, 0.1) is 5.92 Å². The number of nitrogens with zero attached hydrogens (tertiary/aromatic N) is 1. The van der Waals surface area contributed by atoms with Gasteiger partial charge in [0.15, 0.2) is 0 Å². The number of aromatic nitrogens is 1. The normalized spacial score (nSPS) is 12.4. The van der Waals surface area contributed by atoms with Gasteiger partial charge in [-0.3, -0.25) is 4.98 Å². The second-order valence-electron chi connectivity index (χ2n) is 3.65. The first-order valence-corrected chi connectivity index (χ1v) is 6.15. The number of pyridine rings is 1. The van der Waals surface area contributed by atoms with Crippen molar-refractivity contribution in [2.75, 3.05) is 12.4 Å². The largest absolute Gasteiger partial charge is 0.478 e. The molecule has 0 saturated heterocycles. The van der Waals surface area contributed by atoms with E-state index >= 15 is 0 Å². The molecule has 0 spiro atoms. The molecule has 1 aromatic rings. The highest BCUT2D eigenvalue weighted by molar-refractivity contribution is 7.98. The lowest BCUT2D eigenvalue weighted by atomic mass is 10.2. The lowest BCUT2D eigenvalue weighted by Crippen LogP contribution is -2.04. The number of carbonyl (C=O) groups is 1. The second kappa shape index (κ2) is 6.50. The van der Waals surface area contributed by atoms with Gasteiger partial charge in [0.1, 0.15) is 0 Å². The number of aromatic carboxylic acids is 1. The molecule has 0 saturated carbocycles. The van der Waals surface area contributed by atoms with Crippen LogP contribution in [0.2, 0.25) is 0 Å². The fraction of sp³-hybridized carbons (Fsp3) is 0.455. The number of rotatable bonds is 6. The summed E-state index contributed by atoms with van der Waals surface area (Å²) in [5.74, 6) is 0.937. The van der Waals surface area contributed by atoms with Gasteiger partial charge in [-0.2, -0.15) is 11.8 Å². The molecule has 0 radical (unpaired) electrons. The van der Waals surface area contributed by atoms with Gasteiger partial charge in [-0.05, 0) is 23.8 Å². The second-order valence-corrected chi connectivity index (χ2v) is 4.68. The molecule has 1 atom stereocenters. The van der Waals surface area contributed by atoms with Crippen LogP contribution in [-0.2, 0) is 5.75 Å². The first-order valence-electron chi connectivity index (χ1n) is 5.00. The highest BCUT2D eigenvalue weighted by Crippen LogP contribution is 2.14. The van der Waals surface area contributed by atoms with Crippen molar-refractivity contribution in [3.8, 4) is 0 Å². The molecule has 5 heteroatoms. The van der Waals surface area contributed by atoms with Crippen molar-refractivity contribution < 1.29 is 15.0 Å². The molecule has 0 aliphatic rings. The maximum Gasteiger partial charge on any atom is 0.337 e. The number of carboxylic acid groups (broad SMARTS) is 1. The van der Waals surface area contributed by atoms with Crippen LogP contribution in [0.1, 0.15) is 23.0 Å².